The van der Waals surface area contributed by atoms with Crippen LogP contribution in [-0.2, 0) is 4.79 Å². The second kappa shape index (κ2) is 9.96. The van der Waals surface area contributed by atoms with E-state index in [1.807, 2.05) is 0 Å². The van der Waals surface area contributed by atoms with Gasteiger partial charge in [0.15, 0.2) is 17.3 Å². The summed E-state index contributed by atoms with van der Waals surface area (Å²) in [7, 11) is 0. The Balaban J connectivity index is 1.49. The van der Waals surface area contributed by atoms with Gasteiger partial charge in [0.1, 0.15) is 11.2 Å². The maximum atomic E-state index is 14.6. The quantitative estimate of drug-likeness (QED) is 0.332. The summed E-state index contributed by atoms with van der Waals surface area (Å²) >= 11 is 5.76. The number of imidazole rings is 1. The van der Waals surface area contributed by atoms with E-state index in [0.29, 0.717) is 36.8 Å². The Bertz CT molecular complexity index is 1300. The molecule has 4 N–H and O–H groups in total. The summed E-state index contributed by atoms with van der Waals surface area (Å²) in [6.45, 7) is 0. The van der Waals surface area contributed by atoms with Crippen molar-refractivity contribution in [3.63, 3.8) is 0 Å². The predicted octanol–water partition coefficient (Wildman–Crippen LogP) is 5.71. The SMILES string of the molecule is NC(=O)CC1CCC(n2c(Nc3c(F)cc(Cl)cc3F)nc3cnc(N[C@H]4CCC(F)(F)C4)nc32)CC1. The number of nitrogens with one attached hydrogen (secondary N) is 2. The van der Waals surface area contributed by atoms with E-state index >= 15 is 0 Å². The summed E-state index contributed by atoms with van der Waals surface area (Å²) in [4.78, 5) is 24.6. The predicted molar refractivity (Wildman–Crippen MR) is 131 cm³/mol. The molecular weight excluding hydrogens is 514 g/mol. The summed E-state index contributed by atoms with van der Waals surface area (Å²) < 4.78 is 58.3. The minimum atomic E-state index is -2.73. The first-order valence-electron chi connectivity index (χ1n) is 12.2. The third-order valence-corrected chi connectivity index (χ3v) is 7.30. The van der Waals surface area contributed by atoms with Gasteiger partial charge in [0.05, 0.1) is 6.20 Å². The lowest BCUT2D eigenvalue weighted by molar-refractivity contribution is -0.119. The molecule has 2 aliphatic rings. The second-order valence-corrected chi connectivity index (χ2v) is 10.3. The van der Waals surface area contributed by atoms with Crippen molar-refractivity contribution in [3.8, 4) is 0 Å². The molecular formula is C24H26ClF4N7O. The van der Waals surface area contributed by atoms with Gasteiger partial charge in [-0.05, 0) is 50.2 Å². The number of amides is 1. The molecule has 2 heterocycles. The molecule has 1 amide bonds. The third kappa shape index (κ3) is 5.58. The van der Waals surface area contributed by atoms with Crippen LogP contribution in [0.2, 0.25) is 5.02 Å². The maximum absolute atomic E-state index is 14.6. The zero-order valence-electron chi connectivity index (χ0n) is 19.8. The number of alkyl halides is 2. The van der Waals surface area contributed by atoms with Gasteiger partial charge >= 0.3 is 0 Å². The number of hydrogen-bond donors (Lipinski definition) is 3. The number of nitrogens with two attached hydrogens (primary N) is 1. The molecule has 0 unspecified atom stereocenters. The smallest absolute Gasteiger partial charge is 0.250 e. The highest BCUT2D eigenvalue weighted by molar-refractivity contribution is 6.30. The van der Waals surface area contributed by atoms with Crippen LogP contribution in [0.25, 0.3) is 11.2 Å². The van der Waals surface area contributed by atoms with Gasteiger partial charge in [-0.3, -0.25) is 9.36 Å². The molecule has 37 heavy (non-hydrogen) atoms. The van der Waals surface area contributed by atoms with Crippen LogP contribution in [0, 0.1) is 17.6 Å². The molecule has 0 spiro atoms. The molecule has 198 valence electrons. The van der Waals surface area contributed by atoms with Gasteiger partial charge in [-0.15, -0.1) is 0 Å². The highest BCUT2D eigenvalue weighted by Crippen LogP contribution is 2.39. The number of carbonyl (C=O) groups is 1. The zero-order chi connectivity index (χ0) is 26.3. The summed E-state index contributed by atoms with van der Waals surface area (Å²) in [5.74, 6) is -4.36. The van der Waals surface area contributed by atoms with Crippen molar-refractivity contribution in [2.24, 2.45) is 11.7 Å². The van der Waals surface area contributed by atoms with Gasteiger partial charge < -0.3 is 16.4 Å². The second-order valence-electron chi connectivity index (χ2n) is 9.86. The molecule has 2 aliphatic carbocycles. The summed E-state index contributed by atoms with van der Waals surface area (Å²) in [5.41, 5.74) is 5.72. The van der Waals surface area contributed by atoms with Crippen molar-refractivity contribution in [1.82, 2.24) is 19.5 Å². The van der Waals surface area contributed by atoms with Crippen molar-refractivity contribution in [3.05, 3.63) is 35.0 Å². The fraction of sp³-hybridized carbons (Fsp3) is 0.500. The van der Waals surface area contributed by atoms with Crippen molar-refractivity contribution >= 4 is 46.3 Å². The van der Waals surface area contributed by atoms with Gasteiger partial charge in [0.25, 0.3) is 0 Å². The van der Waals surface area contributed by atoms with Crippen LogP contribution >= 0.6 is 11.6 Å². The molecule has 5 rings (SSSR count). The number of fused-ring (bicyclic) bond motifs is 1. The Kier molecular flexibility index (Phi) is 6.86. The standard InChI is InChI=1S/C24H26ClF4N7O/c25-13-8-16(26)20(17(27)9-13)34-23-33-18-11-31-22(32-14-5-6-24(28,29)10-14)35-21(18)36(23)15-3-1-12(2-4-15)7-19(30)37/h8-9,11-12,14-15H,1-7,10H2,(H2,30,37)(H,33,34)(H,31,32,35)/t12?,14-,15?/m0/s1. The number of anilines is 3. The minimum absolute atomic E-state index is 0.0825. The topological polar surface area (TPSA) is 111 Å². The Labute approximate surface area is 215 Å². The van der Waals surface area contributed by atoms with E-state index in [9.17, 15) is 22.4 Å². The lowest BCUT2D eigenvalue weighted by atomic mass is 9.84. The van der Waals surface area contributed by atoms with Crippen molar-refractivity contribution < 1.29 is 22.4 Å². The van der Waals surface area contributed by atoms with Crippen LogP contribution in [0.5, 0.6) is 0 Å². The van der Waals surface area contributed by atoms with Crippen molar-refractivity contribution in [1.29, 1.82) is 0 Å². The van der Waals surface area contributed by atoms with E-state index in [4.69, 9.17) is 17.3 Å². The highest BCUT2D eigenvalue weighted by atomic mass is 35.5. The first kappa shape index (κ1) is 25.5. The van der Waals surface area contributed by atoms with Gasteiger partial charge in [0.2, 0.25) is 23.7 Å². The summed E-state index contributed by atoms with van der Waals surface area (Å²) in [5, 5.41) is 5.65. The number of benzene rings is 1. The molecule has 1 atom stereocenters. The minimum Gasteiger partial charge on any atom is -0.370 e. The van der Waals surface area contributed by atoms with E-state index in [0.717, 1.165) is 25.0 Å². The molecule has 0 aliphatic heterocycles. The van der Waals surface area contributed by atoms with Gasteiger partial charge in [0, 0.05) is 36.4 Å². The van der Waals surface area contributed by atoms with E-state index in [1.165, 1.54) is 6.20 Å². The van der Waals surface area contributed by atoms with Crippen LogP contribution in [0.1, 0.15) is 57.4 Å². The molecule has 1 aromatic carbocycles. The van der Waals surface area contributed by atoms with Crippen LogP contribution in [0.15, 0.2) is 18.3 Å². The Morgan fingerprint density at radius 1 is 1.14 bits per heavy atom. The van der Waals surface area contributed by atoms with E-state index in [1.54, 1.807) is 4.57 Å². The molecule has 13 heteroatoms. The number of primary amides is 1. The molecule has 8 nitrogen and oxygen atoms in total. The number of nitrogens with zero attached hydrogens (tertiary/aromatic N) is 4. The van der Waals surface area contributed by atoms with Gasteiger partial charge in [-0.1, -0.05) is 11.6 Å². The number of hydrogen-bond acceptors (Lipinski definition) is 6. The van der Waals surface area contributed by atoms with E-state index in [2.05, 4.69) is 25.6 Å². The van der Waals surface area contributed by atoms with E-state index < -0.39 is 29.3 Å². The molecule has 2 aromatic heterocycles. The molecule has 2 saturated carbocycles. The largest absolute Gasteiger partial charge is 0.370 e. The molecule has 0 saturated heterocycles. The number of aromatic nitrogens is 4. The monoisotopic (exact) mass is 539 g/mol. The average Bonchev–Trinajstić information content (AvgIpc) is 3.34. The fourth-order valence-corrected chi connectivity index (χ4v) is 5.51. The fourth-order valence-electron chi connectivity index (χ4n) is 5.32. The molecule has 0 bridgehead atoms. The van der Waals surface area contributed by atoms with Crippen LogP contribution in [0.3, 0.4) is 0 Å². The van der Waals surface area contributed by atoms with Crippen LogP contribution < -0.4 is 16.4 Å². The summed E-state index contributed by atoms with van der Waals surface area (Å²) in [6.07, 6.45) is 4.30. The number of halogens is 5. The Morgan fingerprint density at radius 2 is 1.84 bits per heavy atom. The lowest BCUT2D eigenvalue weighted by Gasteiger charge is -2.30. The van der Waals surface area contributed by atoms with E-state index in [-0.39, 0.29) is 47.6 Å². The first-order valence-corrected chi connectivity index (χ1v) is 12.5. The van der Waals surface area contributed by atoms with Crippen molar-refractivity contribution in [2.45, 2.75) is 69.4 Å². The maximum Gasteiger partial charge on any atom is 0.250 e. The normalized spacial score (nSPS) is 23.3. The van der Waals surface area contributed by atoms with Crippen LogP contribution in [-0.4, -0.2) is 37.4 Å². The molecule has 2 fully saturated rings. The first-order chi connectivity index (χ1) is 17.6. The van der Waals surface area contributed by atoms with Crippen LogP contribution in [0.4, 0.5) is 35.1 Å². The lowest BCUT2D eigenvalue weighted by Crippen LogP contribution is -2.24. The van der Waals surface area contributed by atoms with Gasteiger partial charge in [-0.2, -0.15) is 4.98 Å². The number of rotatable bonds is 7. The summed E-state index contributed by atoms with van der Waals surface area (Å²) in [6, 6.07) is 1.37. The number of carbonyl (C=O) groups excluding carboxylic acids is 1. The molecule has 3 aromatic rings. The Morgan fingerprint density at radius 3 is 2.46 bits per heavy atom. The average molecular weight is 540 g/mol. The third-order valence-electron chi connectivity index (χ3n) is 7.08. The Hall–Kier alpha value is -3.15. The zero-order valence-corrected chi connectivity index (χ0v) is 20.5. The molecule has 0 radical (unpaired) electrons. The van der Waals surface area contributed by atoms with Crippen molar-refractivity contribution in [2.75, 3.05) is 10.6 Å². The highest BCUT2D eigenvalue weighted by Gasteiger charge is 2.39. The van der Waals surface area contributed by atoms with Gasteiger partial charge in [-0.25, -0.2) is 27.5 Å².